The first-order valence-corrected chi connectivity index (χ1v) is 17.4. The molecule has 0 aromatic heterocycles. The van der Waals surface area contributed by atoms with Crippen molar-refractivity contribution in [3.8, 4) is 0 Å². The maximum Gasteiger partial charge on any atom is 0.187 e. The van der Waals surface area contributed by atoms with E-state index in [1.54, 1.807) is 13.8 Å². The quantitative estimate of drug-likeness (QED) is 0.193. The number of Topliss-reactive ketones (excluding diaryl/α,β-unsaturated/α-hetero) is 1. The van der Waals surface area contributed by atoms with Gasteiger partial charge in [-0.2, -0.15) is 0 Å². The van der Waals surface area contributed by atoms with Crippen LogP contribution in [0.3, 0.4) is 0 Å². The molecule has 15 atom stereocenters. The number of aliphatic hydroxyl groups is 7. The van der Waals surface area contributed by atoms with E-state index in [1.807, 2.05) is 13.8 Å². The maximum atomic E-state index is 14.7. The summed E-state index contributed by atoms with van der Waals surface area (Å²) in [5, 5.41) is 73.4. The van der Waals surface area contributed by atoms with Crippen molar-refractivity contribution in [2.24, 2.45) is 45.3 Å². The van der Waals surface area contributed by atoms with Crippen LogP contribution < -0.4 is 0 Å². The van der Waals surface area contributed by atoms with Gasteiger partial charge in [0.05, 0.1) is 30.5 Å². The van der Waals surface area contributed by atoms with Crippen LogP contribution in [0.1, 0.15) is 100 Å². The second-order valence-corrected chi connectivity index (χ2v) is 17.4. The Hall–Kier alpha value is -0.950. The highest BCUT2D eigenvalue weighted by atomic mass is 16.7. The van der Waals surface area contributed by atoms with Crippen molar-refractivity contribution >= 4 is 5.78 Å². The van der Waals surface area contributed by atoms with E-state index in [9.17, 15) is 40.5 Å². The Kier molecular flexibility index (Phi) is 9.58. The average molecular weight is 653 g/mol. The van der Waals surface area contributed by atoms with Crippen LogP contribution in [-0.4, -0.2) is 103 Å². The van der Waals surface area contributed by atoms with Gasteiger partial charge >= 0.3 is 0 Å². The van der Waals surface area contributed by atoms with Gasteiger partial charge in [-0.3, -0.25) is 4.79 Å². The molecule has 0 spiro atoms. The van der Waals surface area contributed by atoms with Crippen LogP contribution in [-0.2, 0) is 14.3 Å². The van der Waals surface area contributed by atoms with E-state index in [-0.39, 0.29) is 34.4 Å². The van der Waals surface area contributed by atoms with Crippen molar-refractivity contribution in [3.63, 3.8) is 0 Å². The van der Waals surface area contributed by atoms with Gasteiger partial charge in [-0.25, -0.2) is 0 Å². The first kappa shape index (κ1) is 36.3. The van der Waals surface area contributed by atoms with E-state index in [2.05, 4.69) is 33.8 Å². The third kappa shape index (κ3) is 5.37. The minimum Gasteiger partial charge on any atom is -0.394 e. The highest BCUT2D eigenvalue weighted by molar-refractivity contribution is 5.88. The zero-order chi connectivity index (χ0) is 34.4. The fourth-order valence-electron chi connectivity index (χ4n) is 10.9. The van der Waals surface area contributed by atoms with Crippen molar-refractivity contribution in [1.82, 2.24) is 0 Å². The molecule has 1 aliphatic heterocycles. The summed E-state index contributed by atoms with van der Waals surface area (Å²) in [7, 11) is 0. The molecule has 3 saturated carbocycles. The summed E-state index contributed by atoms with van der Waals surface area (Å²) < 4.78 is 11.9. The molecule has 10 heteroatoms. The van der Waals surface area contributed by atoms with Crippen LogP contribution >= 0.6 is 0 Å². The minimum atomic E-state index is -1.59. The van der Waals surface area contributed by atoms with Crippen LogP contribution in [0.4, 0.5) is 0 Å². The Bertz CT molecular complexity index is 1180. The van der Waals surface area contributed by atoms with Crippen molar-refractivity contribution in [3.05, 3.63) is 11.6 Å². The molecule has 1 unspecified atom stereocenters. The lowest BCUT2D eigenvalue weighted by Crippen LogP contribution is -2.65. The molecule has 4 fully saturated rings. The lowest BCUT2D eigenvalue weighted by Gasteiger charge is -2.65. The summed E-state index contributed by atoms with van der Waals surface area (Å²) in [6.07, 6.45) is -2.78. The molecule has 7 N–H and O–H groups in total. The van der Waals surface area contributed by atoms with Gasteiger partial charge in [0.25, 0.3) is 0 Å². The van der Waals surface area contributed by atoms with E-state index < -0.39 is 72.1 Å². The average Bonchev–Trinajstić information content (AvgIpc) is 3.24. The van der Waals surface area contributed by atoms with E-state index in [0.29, 0.717) is 25.2 Å². The first-order chi connectivity index (χ1) is 21.2. The molecule has 10 nitrogen and oxygen atoms in total. The number of ether oxygens (including phenoxy) is 2. The number of carbonyl (C=O) groups excluding carboxylic acids is 1. The topological polar surface area (TPSA) is 177 Å². The Morgan fingerprint density at radius 2 is 1.67 bits per heavy atom. The third-order valence-corrected chi connectivity index (χ3v) is 14.3. The monoisotopic (exact) mass is 652 g/mol. The zero-order valence-corrected chi connectivity index (χ0v) is 29.0. The van der Waals surface area contributed by atoms with Gasteiger partial charge in [0, 0.05) is 17.3 Å². The Morgan fingerprint density at radius 3 is 2.28 bits per heavy atom. The number of carbonyl (C=O) groups is 1. The van der Waals surface area contributed by atoms with Crippen molar-refractivity contribution in [2.45, 2.75) is 155 Å². The predicted molar refractivity (Wildman–Crippen MR) is 170 cm³/mol. The number of hydrogen-bond donors (Lipinski definition) is 7. The van der Waals surface area contributed by atoms with E-state index >= 15 is 0 Å². The summed E-state index contributed by atoms with van der Waals surface area (Å²) in [4.78, 5) is 14.7. The standard InChI is InChI=1S/C36H60O10/c1-18(9-12-25(38)33(4,5)44)19-13-14-34(6)24-11-10-20-21(36(24,8)26(39)16-35(19,34)7)15-22(30(43)32(20,2)3)45-31-29(42)28(41)27(40)23(17-37)46-31/h10,18-19,21-25,27-31,37-38,40-44H,9,11-17H2,1-8H3/t18-,19-,21-,22+,23-,24+,25?,27-,28+,29-,30-,31-,34+,35-,36+/m1/s1. The molecule has 1 saturated heterocycles. The van der Waals surface area contributed by atoms with Crippen molar-refractivity contribution in [1.29, 1.82) is 0 Å². The number of fused-ring (bicyclic) bond motifs is 5. The number of aliphatic hydroxyl groups excluding tert-OH is 6. The molecule has 1 heterocycles. The van der Waals surface area contributed by atoms with Crippen molar-refractivity contribution in [2.75, 3.05) is 6.61 Å². The third-order valence-electron chi connectivity index (χ3n) is 14.3. The summed E-state index contributed by atoms with van der Waals surface area (Å²) >= 11 is 0. The van der Waals surface area contributed by atoms with Gasteiger partial charge in [-0.05, 0) is 86.9 Å². The lowest BCUT2D eigenvalue weighted by molar-refractivity contribution is -0.323. The Labute approximate surface area is 274 Å². The van der Waals surface area contributed by atoms with Gasteiger partial charge in [0.15, 0.2) is 6.29 Å². The predicted octanol–water partition coefficient (Wildman–Crippen LogP) is 2.47. The van der Waals surface area contributed by atoms with Gasteiger partial charge in [0.2, 0.25) is 0 Å². The molecule has 0 amide bonds. The molecule has 0 radical (unpaired) electrons. The van der Waals surface area contributed by atoms with E-state index in [4.69, 9.17) is 9.47 Å². The number of rotatable bonds is 8. The van der Waals surface area contributed by atoms with E-state index in [1.165, 1.54) is 0 Å². The molecule has 0 aromatic rings. The number of allylic oxidation sites excluding steroid dienone is 1. The molecule has 4 aliphatic carbocycles. The SMILES string of the molecule is C[C@H](CCC(O)C(C)(C)O)[C@H]1CC[C@@]2(C)[C@@H]3CC=C4[C@@H](C[C@H](O[C@@H]5O[C@H](CO)[C@@H](O)[C@H](O)[C@H]5O)[C@@H](O)C4(C)C)[C@]3(C)C(=O)C[C@]12C. The highest BCUT2D eigenvalue weighted by Gasteiger charge is 2.71. The lowest BCUT2D eigenvalue weighted by atomic mass is 9.38. The van der Waals surface area contributed by atoms with Crippen LogP contribution in [0.5, 0.6) is 0 Å². The van der Waals surface area contributed by atoms with E-state index in [0.717, 1.165) is 31.3 Å². The molecule has 264 valence electrons. The van der Waals surface area contributed by atoms with Gasteiger partial charge in [-0.1, -0.05) is 53.2 Å². The molecule has 0 aromatic carbocycles. The minimum absolute atomic E-state index is 0.0677. The van der Waals surface area contributed by atoms with Crippen molar-refractivity contribution < 1.29 is 50.0 Å². The maximum absolute atomic E-state index is 14.7. The van der Waals surface area contributed by atoms with Gasteiger partial charge in [0.1, 0.15) is 30.2 Å². The van der Waals surface area contributed by atoms with Crippen LogP contribution in [0.2, 0.25) is 0 Å². The largest absolute Gasteiger partial charge is 0.394 e. The second kappa shape index (κ2) is 12.1. The molecule has 46 heavy (non-hydrogen) atoms. The summed E-state index contributed by atoms with van der Waals surface area (Å²) in [5.74, 6) is 0.653. The zero-order valence-electron chi connectivity index (χ0n) is 29.0. The van der Waals surface area contributed by atoms with Gasteiger partial charge < -0.3 is 45.2 Å². The summed E-state index contributed by atoms with van der Waals surface area (Å²) in [5.41, 5.74) is -1.91. The molecular weight excluding hydrogens is 592 g/mol. The fourth-order valence-corrected chi connectivity index (χ4v) is 10.9. The Balaban J connectivity index is 1.42. The number of ketones is 1. The summed E-state index contributed by atoms with van der Waals surface area (Å²) in [6, 6.07) is 0. The number of hydrogen-bond acceptors (Lipinski definition) is 10. The van der Waals surface area contributed by atoms with Crippen LogP contribution in [0, 0.1) is 45.3 Å². The second-order valence-electron chi connectivity index (χ2n) is 17.4. The molecule has 5 aliphatic rings. The molecule has 5 rings (SSSR count). The smallest absolute Gasteiger partial charge is 0.187 e. The summed E-state index contributed by atoms with van der Waals surface area (Å²) in [6.45, 7) is 15.6. The molecule has 0 bridgehead atoms. The normalized spacial score (nSPS) is 48.6. The van der Waals surface area contributed by atoms with Gasteiger partial charge in [-0.15, -0.1) is 0 Å². The fraction of sp³-hybridized carbons (Fsp3) is 0.917. The molecular formula is C36H60O10. The highest BCUT2D eigenvalue weighted by Crippen LogP contribution is 2.74. The Morgan fingerprint density at radius 1 is 1.02 bits per heavy atom. The van der Waals surface area contributed by atoms with Crippen LogP contribution in [0.15, 0.2) is 11.6 Å². The first-order valence-electron chi connectivity index (χ1n) is 17.4. The van der Waals surface area contributed by atoms with Crippen LogP contribution in [0.25, 0.3) is 0 Å².